The molecule has 1 aliphatic rings. The lowest BCUT2D eigenvalue weighted by Gasteiger charge is -2.28. The number of carbonyl (C=O) groups is 2. The largest absolute Gasteiger partial charge is 0.444 e. The Morgan fingerprint density at radius 1 is 1.44 bits per heavy atom. The number of hydrogen-bond acceptors (Lipinski definition) is 3. The van der Waals surface area contributed by atoms with Gasteiger partial charge in [-0.25, -0.2) is 4.79 Å². The van der Waals surface area contributed by atoms with E-state index in [1.54, 1.807) is 4.90 Å². The molecule has 1 fully saturated rings. The smallest absolute Gasteiger partial charge is 0.410 e. The highest BCUT2D eigenvalue weighted by molar-refractivity contribution is 5.85. The second-order valence-electron chi connectivity index (χ2n) is 5.66. The molecule has 1 heterocycles. The quantitative estimate of drug-likeness (QED) is 0.707. The summed E-state index contributed by atoms with van der Waals surface area (Å²) in [5.41, 5.74) is -0.516. The van der Waals surface area contributed by atoms with Gasteiger partial charge in [0.2, 0.25) is 0 Å². The molecule has 1 rings (SSSR count). The lowest BCUT2D eigenvalue weighted by atomic mass is 9.95. The van der Waals surface area contributed by atoms with Crippen molar-refractivity contribution in [2.24, 2.45) is 5.92 Å². The molecule has 0 aromatic rings. The van der Waals surface area contributed by atoms with Crippen molar-refractivity contribution in [3.05, 3.63) is 0 Å². The number of ketones is 1. The van der Waals surface area contributed by atoms with E-state index in [1.807, 2.05) is 27.7 Å². The number of likely N-dealkylation sites (tertiary alicyclic amines) is 1. The zero-order valence-corrected chi connectivity index (χ0v) is 11.5. The minimum Gasteiger partial charge on any atom is -0.444 e. The van der Waals surface area contributed by atoms with Crippen LogP contribution in [0.25, 0.3) is 0 Å². The summed E-state index contributed by atoms with van der Waals surface area (Å²) in [4.78, 5) is 25.4. The predicted molar refractivity (Wildman–Crippen MR) is 69.0 cm³/mol. The van der Waals surface area contributed by atoms with E-state index in [-0.39, 0.29) is 30.3 Å². The third kappa shape index (κ3) is 3.49. The van der Waals surface area contributed by atoms with E-state index in [1.165, 1.54) is 0 Å². The van der Waals surface area contributed by atoms with Gasteiger partial charge in [0, 0.05) is 18.5 Å². The van der Waals surface area contributed by atoms with Crippen molar-refractivity contribution in [2.45, 2.75) is 52.2 Å². The second kappa shape index (κ2) is 5.43. The summed E-state index contributed by atoms with van der Waals surface area (Å²) in [7, 11) is 0. The standard InChI is InChI=1S/C14H21NO3/c1-6-7-12(16)11-8-9-15(10(11)2)13(17)18-14(3,4)5/h1,10-11H,7-9H2,2-5H3. The number of Topliss-reactive ketones (excluding diaryl/α,β-unsaturated/α-hetero) is 1. The van der Waals surface area contributed by atoms with Crippen molar-refractivity contribution in [2.75, 3.05) is 6.54 Å². The molecule has 0 saturated carbocycles. The molecule has 100 valence electrons. The van der Waals surface area contributed by atoms with Crippen LogP contribution in [-0.4, -0.2) is 35.0 Å². The van der Waals surface area contributed by atoms with Crippen LogP contribution in [0.3, 0.4) is 0 Å². The molecule has 1 aliphatic heterocycles. The molecular weight excluding hydrogens is 230 g/mol. The zero-order chi connectivity index (χ0) is 13.9. The van der Waals surface area contributed by atoms with E-state index < -0.39 is 5.60 Å². The Balaban J connectivity index is 2.65. The Labute approximate surface area is 109 Å². The Hall–Kier alpha value is -1.50. The monoisotopic (exact) mass is 251 g/mol. The van der Waals surface area contributed by atoms with Crippen molar-refractivity contribution in [3.63, 3.8) is 0 Å². The van der Waals surface area contributed by atoms with Crippen molar-refractivity contribution in [1.29, 1.82) is 0 Å². The van der Waals surface area contributed by atoms with Crippen LogP contribution in [0.15, 0.2) is 0 Å². The van der Waals surface area contributed by atoms with Crippen LogP contribution in [-0.2, 0) is 9.53 Å². The summed E-state index contributed by atoms with van der Waals surface area (Å²) < 4.78 is 5.32. The number of carbonyl (C=O) groups excluding carboxylic acids is 2. The summed E-state index contributed by atoms with van der Waals surface area (Å²) in [5, 5.41) is 0. The van der Waals surface area contributed by atoms with E-state index in [9.17, 15) is 9.59 Å². The van der Waals surface area contributed by atoms with Crippen LogP contribution < -0.4 is 0 Å². The molecule has 0 radical (unpaired) electrons. The first kappa shape index (κ1) is 14.6. The summed E-state index contributed by atoms with van der Waals surface area (Å²) in [6.45, 7) is 7.90. The molecule has 4 nitrogen and oxygen atoms in total. The lowest BCUT2D eigenvalue weighted by molar-refractivity contribution is -0.122. The Kier molecular flexibility index (Phi) is 4.39. The van der Waals surface area contributed by atoms with Crippen molar-refractivity contribution in [3.8, 4) is 12.3 Å². The third-order valence-corrected chi connectivity index (χ3v) is 3.07. The lowest BCUT2D eigenvalue weighted by Crippen LogP contribution is -2.41. The molecule has 0 aliphatic carbocycles. The van der Waals surface area contributed by atoms with Crippen LogP contribution >= 0.6 is 0 Å². The number of ether oxygens (including phenoxy) is 1. The highest BCUT2D eigenvalue weighted by atomic mass is 16.6. The molecule has 1 saturated heterocycles. The number of amides is 1. The van der Waals surface area contributed by atoms with E-state index in [0.717, 1.165) is 0 Å². The molecule has 0 aromatic carbocycles. The molecule has 0 aromatic heterocycles. The molecular formula is C14H21NO3. The minimum atomic E-state index is -0.516. The Morgan fingerprint density at radius 2 is 2.06 bits per heavy atom. The van der Waals surface area contributed by atoms with Crippen LogP contribution in [0.1, 0.15) is 40.5 Å². The van der Waals surface area contributed by atoms with Crippen LogP contribution in [0, 0.1) is 18.3 Å². The Bertz CT molecular complexity index is 375. The molecule has 2 unspecified atom stereocenters. The highest BCUT2D eigenvalue weighted by Gasteiger charge is 2.39. The number of rotatable bonds is 2. The number of hydrogen-bond donors (Lipinski definition) is 0. The van der Waals surface area contributed by atoms with Gasteiger partial charge in [0.1, 0.15) is 11.4 Å². The summed E-state index contributed by atoms with van der Waals surface area (Å²) in [6.07, 6.45) is 5.59. The van der Waals surface area contributed by atoms with E-state index in [2.05, 4.69) is 5.92 Å². The van der Waals surface area contributed by atoms with Gasteiger partial charge >= 0.3 is 6.09 Å². The van der Waals surface area contributed by atoms with Gasteiger partial charge < -0.3 is 9.64 Å². The summed E-state index contributed by atoms with van der Waals surface area (Å²) >= 11 is 0. The topological polar surface area (TPSA) is 46.6 Å². The minimum absolute atomic E-state index is 0.0380. The first-order chi connectivity index (χ1) is 8.26. The molecule has 18 heavy (non-hydrogen) atoms. The fourth-order valence-corrected chi connectivity index (χ4v) is 2.18. The maximum Gasteiger partial charge on any atom is 0.410 e. The van der Waals surface area contributed by atoms with Gasteiger partial charge in [0.25, 0.3) is 0 Å². The third-order valence-electron chi connectivity index (χ3n) is 3.07. The first-order valence-corrected chi connectivity index (χ1v) is 6.22. The van der Waals surface area contributed by atoms with Gasteiger partial charge in [-0.3, -0.25) is 4.79 Å². The van der Waals surface area contributed by atoms with Crippen molar-refractivity contribution in [1.82, 2.24) is 4.90 Å². The van der Waals surface area contributed by atoms with Gasteiger partial charge in [-0.1, -0.05) is 5.92 Å². The average Bonchev–Trinajstić information content (AvgIpc) is 2.57. The molecule has 2 atom stereocenters. The fourth-order valence-electron chi connectivity index (χ4n) is 2.18. The summed E-state index contributed by atoms with van der Waals surface area (Å²) in [5.74, 6) is 2.24. The van der Waals surface area contributed by atoms with Gasteiger partial charge in [-0.2, -0.15) is 0 Å². The maximum absolute atomic E-state index is 11.9. The molecule has 1 amide bonds. The highest BCUT2D eigenvalue weighted by Crippen LogP contribution is 2.27. The number of nitrogens with zero attached hydrogens (tertiary/aromatic N) is 1. The maximum atomic E-state index is 11.9. The SMILES string of the molecule is C#CCC(=O)C1CCN(C(=O)OC(C)(C)C)C1C. The molecule has 4 heteroatoms. The number of terminal acetylenes is 1. The van der Waals surface area contributed by atoms with Crippen LogP contribution in [0.2, 0.25) is 0 Å². The van der Waals surface area contributed by atoms with E-state index in [0.29, 0.717) is 13.0 Å². The first-order valence-electron chi connectivity index (χ1n) is 6.22. The van der Waals surface area contributed by atoms with Crippen molar-refractivity contribution >= 4 is 11.9 Å². The van der Waals surface area contributed by atoms with Crippen molar-refractivity contribution < 1.29 is 14.3 Å². The fraction of sp³-hybridized carbons (Fsp3) is 0.714. The summed E-state index contributed by atoms with van der Waals surface area (Å²) in [6, 6.07) is -0.138. The van der Waals surface area contributed by atoms with Gasteiger partial charge in [0.15, 0.2) is 0 Å². The van der Waals surface area contributed by atoms with E-state index in [4.69, 9.17) is 11.2 Å². The molecule has 0 N–H and O–H groups in total. The van der Waals surface area contributed by atoms with Crippen LogP contribution in [0.5, 0.6) is 0 Å². The van der Waals surface area contributed by atoms with Crippen LogP contribution in [0.4, 0.5) is 4.79 Å². The van der Waals surface area contributed by atoms with Gasteiger partial charge in [-0.15, -0.1) is 6.42 Å². The van der Waals surface area contributed by atoms with E-state index >= 15 is 0 Å². The normalized spacial score (nSPS) is 23.6. The zero-order valence-electron chi connectivity index (χ0n) is 11.5. The van der Waals surface area contributed by atoms with Gasteiger partial charge in [0.05, 0.1) is 6.42 Å². The Morgan fingerprint density at radius 3 is 2.56 bits per heavy atom. The average molecular weight is 251 g/mol. The molecule has 0 spiro atoms. The second-order valence-corrected chi connectivity index (χ2v) is 5.66. The van der Waals surface area contributed by atoms with Gasteiger partial charge in [-0.05, 0) is 34.1 Å². The molecule has 0 bridgehead atoms. The predicted octanol–water partition coefficient (Wildman–Crippen LogP) is 2.22.